The molecule has 1 aliphatic heterocycles. The molecule has 3 atom stereocenters. The third-order valence-electron chi connectivity index (χ3n) is 3.37. The fraction of sp³-hybridized carbons (Fsp3) is 1.00. The minimum atomic E-state index is 0.646. The molecular weight excluding hydrogens is 216 g/mol. The van der Waals surface area contributed by atoms with Crippen molar-refractivity contribution in [2.75, 3.05) is 18.6 Å². The molecular formula is C13H28N2S. The minimum Gasteiger partial charge on any atom is -0.314 e. The molecule has 3 heteroatoms. The van der Waals surface area contributed by atoms with Gasteiger partial charge in [0.15, 0.2) is 0 Å². The van der Waals surface area contributed by atoms with E-state index in [1.165, 1.54) is 44.4 Å². The van der Waals surface area contributed by atoms with E-state index in [1.54, 1.807) is 0 Å². The van der Waals surface area contributed by atoms with Gasteiger partial charge < -0.3 is 10.6 Å². The van der Waals surface area contributed by atoms with E-state index >= 15 is 0 Å². The first-order chi connectivity index (χ1) is 7.72. The lowest BCUT2D eigenvalue weighted by Crippen LogP contribution is -2.42. The summed E-state index contributed by atoms with van der Waals surface area (Å²) in [6.45, 7) is 5.85. The standard InChI is InChI=1S/C13H28N2S/c1-11(7-9-16-3)15-12(2)10-13-6-4-5-8-14-13/h11-15H,4-10H2,1-3H3. The number of rotatable bonds is 7. The van der Waals surface area contributed by atoms with Crippen LogP contribution in [0.15, 0.2) is 0 Å². The molecule has 16 heavy (non-hydrogen) atoms. The molecule has 0 radical (unpaired) electrons. The second-order valence-corrected chi connectivity index (χ2v) is 6.12. The zero-order chi connectivity index (χ0) is 11.8. The van der Waals surface area contributed by atoms with Crippen LogP contribution in [0.1, 0.15) is 46.0 Å². The van der Waals surface area contributed by atoms with Crippen molar-refractivity contribution in [1.82, 2.24) is 10.6 Å². The van der Waals surface area contributed by atoms with Crippen LogP contribution in [-0.2, 0) is 0 Å². The van der Waals surface area contributed by atoms with Crippen molar-refractivity contribution < 1.29 is 0 Å². The van der Waals surface area contributed by atoms with Crippen molar-refractivity contribution in [3.05, 3.63) is 0 Å². The maximum absolute atomic E-state index is 3.71. The Bertz CT molecular complexity index is 169. The van der Waals surface area contributed by atoms with Gasteiger partial charge in [-0.05, 0) is 58.1 Å². The third-order valence-corrected chi connectivity index (χ3v) is 4.02. The highest BCUT2D eigenvalue weighted by atomic mass is 32.2. The van der Waals surface area contributed by atoms with Gasteiger partial charge >= 0.3 is 0 Å². The summed E-state index contributed by atoms with van der Waals surface area (Å²) in [5, 5.41) is 7.33. The van der Waals surface area contributed by atoms with Crippen LogP contribution in [0.4, 0.5) is 0 Å². The molecule has 2 nitrogen and oxygen atoms in total. The van der Waals surface area contributed by atoms with Crippen molar-refractivity contribution in [3.63, 3.8) is 0 Å². The molecule has 3 unspecified atom stereocenters. The smallest absolute Gasteiger partial charge is 0.00817 e. The van der Waals surface area contributed by atoms with Crippen LogP contribution in [0, 0.1) is 0 Å². The van der Waals surface area contributed by atoms with E-state index in [1.807, 2.05) is 11.8 Å². The van der Waals surface area contributed by atoms with Crippen molar-refractivity contribution in [2.45, 2.75) is 64.1 Å². The SMILES string of the molecule is CSCCC(C)NC(C)CC1CCCCN1. The first-order valence-corrected chi connectivity index (χ1v) is 8.10. The summed E-state index contributed by atoms with van der Waals surface area (Å²) in [4.78, 5) is 0. The Hall–Kier alpha value is 0.270. The molecule has 0 saturated carbocycles. The van der Waals surface area contributed by atoms with E-state index in [9.17, 15) is 0 Å². The van der Waals surface area contributed by atoms with E-state index in [0.717, 1.165) is 6.04 Å². The molecule has 1 rings (SSSR count). The Morgan fingerprint density at radius 3 is 2.75 bits per heavy atom. The van der Waals surface area contributed by atoms with E-state index in [4.69, 9.17) is 0 Å². The topological polar surface area (TPSA) is 24.1 Å². The molecule has 0 amide bonds. The number of nitrogens with one attached hydrogen (secondary N) is 2. The largest absolute Gasteiger partial charge is 0.314 e. The quantitative estimate of drug-likeness (QED) is 0.720. The van der Waals surface area contributed by atoms with Gasteiger partial charge in [0.1, 0.15) is 0 Å². The van der Waals surface area contributed by atoms with Crippen LogP contribution < -0.4 is 10.6 Å². The number of thioether (sulfide) groups is 1. The molecule has 0 aromatic heterocycles. The maximum Gasteiger partial charge on any atom is 0.00817 e. The fourth-order valence-electron chi connectivity index (χ4n) is 2.48. The lowest BCUT2D eigenvalue weighted by molar-refractivity contribution is 0.331. The number of hydrogen-bond donors (Lipinski definition) is 2. The summed E-state index contributed by atoms with van der Waals surface area (Å²) in [6.07, 6.45) is 8.88. The highest BCUT2D eigenvalue weighted by Crippen LogP contribution is 2.12. The second kappa shape index (κ2) is 8.37. The molecule has 96 valence electrons. The van der Waals surface area contributed by atoms with E-state index in [-0.39, 0.29) is 0 Å². The number of piperidine rings is 1. The molecule has 1 fully saturated rings. The van der Waals surface area contributed by atoms with Crippen LogP contribution in [0.2, 0.25) is 0 Å². The molecule has 1 heterocycles. The van der Waals surface area contributed by atoms with Gasteiger partial charge in [0.25, 0.3) is 0 Å². The van der Waals surface area contributed by atoms with Crippen LogP contribution in [-0.4, -0.2) is 36.7 Å². The molecule has 0 bridgehead atoms. The summed E-state index contributed by atoms with van der Waals surface area (Å²) in [6, 6.07) is 2.06. The lowest BCUT2D eigenvalue weighted by Gasteiger charge is -2.28. The van der Waals surface area contributed by atoms with E-state index < -0.39 is 0 Å². The van der Waals surface area contributed by atoms with E-state index in [0.29, 0.717) is 12.1 Å². The predicted molar refractivity (Wildman–Crippen MR) is 75.3 cm³/mol. The molecule has 0 spiro atoms. The van der Waals surface area contributed by atoms with Crippen molar-refractivity contribution in [1.29, 1.82) is 0 Å². The average molecular weight is 244 g/mol. The van der Waals surface area contributed by atoms with Gasteiger partial charge in [-0.3, -0.25) is 0 Å². The Morgan fingerprint density at radius 2 is 2.12 bits per heavy atom. The van der Waals surface area contributed by atoms with Crippen LogP contribution in [0.3, 0.4) is 0 Å². The Morgan fingerprint density at radius 1 is 1.31 bits per heavy atom. The normalized spacial score (nSPS) is 25.3. The summed E-state index contributed by atoms with van der Waals surface area (Å²) < 4.78 is 0. The first-order valence-electron chi connectivity index (χ1n) is 6.70. The van der Waals surface area contributed by atoms with Gasteiger partial charge in [-0.15, -0.1) is 0 Å². The van der Waals surface area contributed by atoms with Crippen LogP contribution in [0.5, 0.6) is 0 Å². The number of hydrogen-bond acceptors (Lipinski definition) is 3. The molecule has 1 saturated heterocycles. The molecule has 0 aliphatic carbocycles. The van der Waals surface area contributed by atoms with E-state index in [2.05, 4.69) is 30.7 Å². The molecule has 0 aromatic carbocycles. The van der Waals surface area contributed by atoms with Gasteiger partial charge in [-0.25, -0.2) is 0 Å². The lowest BCUT2D eigenvalue weighted by atomic mass is 9.98. The van der Waals surface area contributed by atoms with Gasteiger partial charge in [0.05, 0.1) is 0 Å². The maximum atomic E-state index is 3.71. The summed E-state index contributed by atoms with van der Waals surface area (Å²) in [5.74, 6) is 1.27. The van der Waals surface area contributed by atoms with Crippen molar-refractivity contribution in [2.24, 2.45) is 0 Å². The Kier molecular flexibility index (Phi) is 7.50. The summed E-state index contributed by atoms with van der Waals surface area (Å²) in [5.41, 5.74) is 0. The van der Waals surface area contributed by atoms with Crippen molar-refractivity contribution in [3.8, 4) is 0 Å². The first kappa shape index (κ1) is 14.3. The zero-order valence-electron chi connectivity index (χ0n) is 11.1. The average Bonchev–Trinajstić information content (AvgIpc) is 2.27. The van der Waals surface area contributed by atoms with Gasteiger partial charge in [0.2, 0.25) is 0 Å². The predicted octanol–water partition coefficient (Wildman–Crippen LogP) is 2.64. The zero-order valence-corrected chi connectivity index (χ0v) is 11.9. The highest BCUT2D eigenvalue weighted by molar-refractivity contribution is 7.98. The second-order valence-electron chi connectivity index (χ2n) is 5.13. The van der Waals surface area contributed by atoms with Gasteiger partial charge in [-0.1, -0.05) is 6.42 Å². The van der Waals surface area contributed by atoms with Crippen LogP contribution in [0.25, 0.3) is 0 Å². The third kappa shape index (κ3) is 6.12. The molecule has 0 aromatic rings. The fourth-order valence-corrected chi connectivity index (χ4v) is 3.07. The summed E-state index contributed by atoms with van der Waals surface area (Å²) >= 11 is 1.94. The molecule has 2 N–H and O–H groups in total. The van der Waals surface area contributed by atoms with Gasteiger partial charge in [0, 0.05) is 18.1 Å². The highest BCUT2D eigenvalue weighted by Gasteiger charge is 2.16. The van der Waals surface area contributed by atoms with Gasteiger partial charge in [-0.2, -0.15) is 11.8 Å². The monoisotopic (exact) mass is 244 g/mol. The summed E-state index contributed by atoms with van der Waals surface area (Å²) in [7, 11) is 0. The Labute approximate surface area is 105 Å². The van der Waals surface area contributed by atoms with Crippen molar-refractivity contribution >= 4 is 11.8 Å². The Balaban J connectivity index is 2.11. The van der Waals surface area contributed by atoms with Crippen LogP contribution >= 0.6 is 11.8 Å². The minimum absolute atomic E-state index is 0.646. The molecule has 1 aliphatic rings.